The quantitative estimate of drug-likeness (QED) is 0.455. The van der Waals surface area contributed by atoms with E-state index in [1.54, 1.807) is 24.3 Å². The zero-order valence-electron chi connectivity index (χ0n) is 18.7. The molecule has 2 bridgehead atoms. The van der Waals surface area contributed by atoms with Gasteiger partial charge in [-0.05, 0) is 68.5 Å². The molecule has 3 aromatic carbocycles. The van der Waals surface area contributed by atoms with Crippen LogP contribution in [0.2, 0.25) is 5.02 Å². The number of hydrogen-bond acceptors (Lipinski definition) is 4. The van der Waals surface area contributed by atoms with E-state index < -0.39 is 17.7 Å². The van der Waals surface area contributed by atoms with Gasteiger partial charge in [0.1, 0.15) is 5.92 Å². The molecule has 8 heteroatoms. The molecule has 1 amide bonds. The summed E-state index contributed by atoms with van der Waals surface area (Å²) in [5.74, 6) is 0.413. The van der Waals surface area contributed by atoms with Crippen LogP contribution in [0.25, 0.3) is 0 Å². The van der Waals surface area contributed by atoms with Gasteiger partial charge < -0.3 is 20.1 Å². The van der Waals surface area contributed by atoms with Crippen LogP contribution in [0, 0.1) is 5.92 Å². The molecule has 0 unspecified atom stereocenters. The number of amides is 1. The van der Waals surface area contributed by atoms with Crippen LogP contribution in [0.1, 0.15) is 25.5 Å². The number of para-hydroxylation sites is 2. The number of nitrogens with one attached hydrogen (secondary N) is 2. The van der Waals surface area contributed by atoms with Crippen LogP contribution in [0.4, 0.5) is 11.4 Å². The van der Waals surface area contributed by atoms with E-state index in [9.17, 15) is 4.79 Å². The minimum atomic E-state index is -1.12. The predicted octanol–water partition coefficient (Wildman–Crippen LogP) is 5.54. The lowest BCUT2D eigenvalue weighted by Crippen LogP contribution is -2.72. The van der Waals surface area contributed by atoms with Crippen LogP contribution in [-0.2, 0) is 4.79 Å². The van der Waals surface area contributed by atoms with E-state index in [1.807, 2.05) is 67.3 Å². The van der Waals surface area contributed by atoms with Crippen molar-refractivity contribution in [3.63, 3.8) is 0 Å². The number of carbonyl (C=O) groups excluding carboxylic acids is 1. The summed E-state index contributed by atoms with van der Waals surface area (Å²) in [6, 6.07) is 22.0. The van der Waals surface area contributed by atoms with Gasteiger partial charge in [0.15, 0.2) is 22.3 Å². The summed E-state index contributed by atoms with van der Waals surface area (Å²) in [6.07, 6.45) is 0. The lowest BCUT2D eigenvalue weighted by Gasteiger charge is -2.56. The second-order valence-corrected chi connectivity index (χ2v) is 9.16. The van der Waals surface area contributed by atoms with Crippen LogP contribution in [-0.4, -0.2) is 23.4 Å². The van der Waals surface area contributed by atoms with Crippen molar-refractivity contribution < 1.29 is 14.3 Å². The summed E-state index contributed by atoms with van der Waals surface area (Å²) in [4.78, 5) is 15.7. The summed E-state index contributed by atoms with van der Waals surface area (Å²) in [7, 11) is 0. The fourth-order valence-corrected chi connectivity index (χ4v) is 5.30. The van der Waals surface area contributed by atoms with Crippen LogP contribution in [0.3, 0.4) is 0 Å². The van der Waals surface area contributed by atoms with Gasteiger partial charge in [0.2, 0.25) is 5.91 Å². The molecule has 6 nitrogen and oxygen atoms in total. The third kappa shape index (κ3) is 3.75. The highest BCUT2D eigenvalue weighted by molar-refractivity contribution is 7.80. The van der Waals surface area contributed by atoms with Crippen LogP contribution in [0.5, 0.6) is 11.5 Å². The van der Waals surface area contributed by atoms with Crippen molar-refractivity contribution in [3.05, 3.63) is 83.4 Å². The standard InChI is InChI=1S/C26H24ClN3O3S/c1-3-32-20-11-7-10-19-22-21(24(31)28-17-14-12-16(27)13-15-17)26(2,33-23(19)20)30(25(34)29-22)18-8-5-4-6-9-18/h4-15,21-22H,3H2,1-2H3,(H,28,31)(H,29,34)/t21-,22-,26+/m1/s1. The first-order valence-electron chi connectivity index (χ1n) is 11.1. The van der Waals surface area contributed by atoms with E-state index in [2.05, 4.69) is 10.6 Å². The number of halogens is 1. The van der Waals surface area contributed by atoms with E-state index in [4.69, 9.17) is 33.3 Å². The van der Waals surface area contributed by atoms with E-state index >= 15 is 0 Å². The van der Waals surface area contributed by atoms with Gasteiger partial charge in [-0.15, -0.1) is 0 Å². The Labute approximate surface area is 208 Å². The van der Waals surface area contributed by atoms with Crippen molar-refractivity contribution in [2.75, 3.05) is 16.8 Å². The van der Waals surface area contributed by atoms with E-state index in [-0.39, 0.29) is 5.91 Å². The Bertz CT molecular complexity index is 1240. The minimum absolute atomic E-state index is 0.196. The number of anilines is 2. The Morgan fingerprint density at radius 2 is 1.88 bits per heavy atom. The fraction of sp³-hybridized carbons (Fsp3) is 0.231. The maximum absolute atomic E-state index is 13.8. The summed E-state index contributed by atoms with van der Waals surface area (Å²) < 4.78 is 12.6. The van der Waals surface area contributed by atoms with Gasteiger partial charge in [-0.25, -0.2) is 0 Å². The van der Waals surface area contributed by atoms with Crippen molar-refractivity contribution >= 4 is 46.2 Å². The minimum Gasteiger partial charge on any atom is -0.490 e. The zero-order valence-corrected chi connectivity index (χ0v) is 20.3. The summed E-state index contributed by atoms with van der Waals surface area (Å²) in [5, 5.41) is 7.53. The van der Waals surface area contributed by atoms with Gasteiger partial charge in [-0.2, -0.15) is 0 Å². The number of ether oxygens (including phenoxy) is 2. The Kier molecular flexibility index (Phi) is 5.83. The number of hydrogen-bond donors (Lipinski definition) is 2. The van der Waals surface area contributed by atoms with Gasteiger partial charge in [0, 0.05) is 22.0 Å². The molecule has 34 heavy (non-hydrogen) atoms. The van der Waals surface area contributed by atoms with Gasteiger partial charge in [-0.1, -0.05) is 41.9 Å². The summed E-state index contributed by atoms with van der Waals surface area (Å²) in [6.45, 7) is 4.32. The highest BCUT2D eigenvalue weighted by Crippen LogP contribution is 2.52. The molecule has 2 aliphatic heterocycles. The van der Waals surface area contributed by atoms with Crippen LogP contribution < -0.4 is 25.0 Å². The molecule has 3 atom stereocenters. The molecule has 174 valence electrons. The van der Waals surface area contributed by atoms with Gasteiger partial charge in [0.25, 0.3) is 0 Å². The molecule has 1 saturated heterocycles. The first-order valence-corrected chi connectivity index (χ1v) is 11.9. The van der Waals surface area contributed by atoms with Gasteiger partial charge in [0.05, 0.1) is 12.6 Å². The summed E-state index contributed by atoms with van der Waals surface area (Å²) in [5.41, 5.74) is 1.18. The number of thiocarbonyl (C=S) groups is 1. The highest BCUT2D eigenvalue weighted by atomic mass is 35.5. The molecule has 2 heterocycles. The van der Waals surface area contributed by atoms with Crippen LogP contribution >= 0.6 is 23.8 Å². The molecular formula is C26H24ClN3O3S. The Hall–Kier alpha value is -3.29. The topological polar surface area (TPSA) is 62.8 Å². The Morgan fingerprint density at radius 1 is 1.15 bits per heavy atom. The Morgan fingerprint density at radius 3 is 2.59 bits per heavy atom. The number of carbonyl (C=O) groups is 1. The molecule has 0 aliphatic carbocycles. The third-order valence-electron chi connectivity index (χ3n) is 6.20. The van der Waals surface area contributed by atoms with E-state index in [0.29, 0.717) is 33.9 Å². The van der Waals surface area contributed by atoms with Crippen molar-refractivity contribution in [2.24, 2.45) is 5.92 Å². The molecule has 5 rings (SSSR count). The molecule has 2 aliphatic rings. The molecule has 0 saturated carbocycles. The lowest BCUT2D eigenvalue weighted by atomic mass is 9.78. The number of nitrogens with zero attached hydrogens (tertiary/aromatic N) is 1. The Balaban J connectivity index is 1.63. The second-order valence-electron chi connectivity index (χ2n) is 8.34. The number of fused-ring (bicyclic) bond motifs is 4. The normalized spacial score (nSPS) is 22.8. The zero-order chi connectivity index (χ0) is 23.9. The van der Waals surface area contributed by atoms with Crippen molar-refractivity contribution in [3.8, 4) is 11.5 Å². The highest BCUT2D eigenvalue weighted by Gasteiger charge is 2.59. The molecule has 0 spiro atoms. The first-order chi connectivity index (χ1) is 16.4. The van der Waals surface area contributed by atoms with Crippen molar-refractivity contribution in [1.82, 2.24) is 5.32 Å². The second kappa shape index (κ2) is 8.81. The molecule has 2 N–H and O–H groups in total. The monoisotopic (exact) mass is 493 g/mol. The summed E-state index contributed by atoms with van der Waals surface area (Å²) >= 11 is 11.8. The molecule has 0 radical (unpaired) electrons. The van der Waals surface area contributed by atoms with E-state index in [0.717, 1.165) is 11.3 Å². The third-order valence-corrected chi connectivity index (χ3v) is 6.75. The molecular weight excluding hydrogens is 470 g/mol. The first kappa shape index (κ1) is 22.5. The lowest BCUT2D eigenvalue weighted by molar-refractivity contribution is -0.130. The fourth-order valence-electron chi connectivity index (χ4n) is 4.76. The van der Waals surface area contributed by atoms with Crippen LogP contribution in [0.15, 0.2) is 72.8 Å². The predicted molar refractivity (Wildman–Crippen MR) is 138 cm³/mol. The van der Waals surface area contributed by atoms with Gasteiger partial charge >= 0.3 is 0 Å². The average Bonchev–Trinajstić information content (AvgIpc) is 2.81. The largest absolute Gasteiger partial charge is 0.490 e. The maximum Gasteiger partial charge on any atom is 0.236 e. The maximum atomic E-state index is 13.8. The van der Waals surface area contributed by atoms with Crippen molar-refractivity contribution in [2.45, 2.75) is 25.6 Å². The molecule has 3 aromatic rings. The molecule has 1 fully saturated rings. The number of benzene rings is 3. The van der Waals surface area contributed by atoms with Crippen molar-refractivity contribution in [1.29, 1.82) is 0 Å². The van der Waals surface area contributed by atoms with Gasteiger partial charge in [-0.3, -0.25) is 9.69 Å². The smallest absolute Gasteiger partial charge is 0.236 e. The average molecular weight is 494 g/mol. The molecule has 0 aromatic heterocycles. The SMILES string of the molecule is CCOc1cccc2c1O[C@@]1(C)[C@@H](C(=O)Nc3ccc(Cl)cc3)[C@@H]2NC(=S)N1c1ccccc1. The number of rotatable bonds is 5. The van der Waals surface area contributed by atoms with E-state index in [1.165, 1.54) is 0 Å².